The number of hydrogen-bond acceptors (Lipinski definition) is 4. The number of isocyanates is 2. The van der Waals surface area contributed by atoms with E-state index in [-0.39, 0.29) is 0 Å². The third-order valence-electron chi connectivity index (χ3n) is 1.92. The molecule has 0 heterocycles. The molecule has 0 unspecified atom stereocenters. The van der Waals surface area contributed by atoms with Crippen molar-refractivity contribution in [2.45, 2.75) is 13.3 Å². The van der Waals surface area contributed by atoms with Gasteiger partial charge in [-0.3, -0.25) is 0 Å². The Morgan fingerprint density at radius 3 is 1.20 bits per heavy atom. The SMILES string of the molecule is CCc1ccccc1.N=C=O.N=C=O.c1ccccc1. The summed E-state index contributed by atoms with van der Waals surface area (Å²) in [6.45, 7) is 2.16. The Morgan fingerprint density at radius 2 is 1.00 bits per heavy atom. The van der Waals surface area contributed by atoms with Gasteiger partial charge in [-0.25, -0.2) is 20.4 Å². The van der Waals surface area contributed by atoms with Crippen LogP contribution < -0.4 is 0 Å². The first-order valence-corrected chi connectivity index (χ1v) is 5.88. The zero-order valence-electron chi connectivity index (χ0n) is 11.4. The summed E-state index contributed by atoms with van der Waals surface area (Å²) < 4.78 is 0. The van der Waals surface area contributed by atoms with Crippen LogP contribution in [0.5, 0.6) is 0 Å². The van der Waals surface area contributed by atoms with Crippen LogP contribution in [0.15, 0.2) is 66.7 Å². The van der Waals surface area contributed by atoms with Gasteiger partial charge in [-0.1, -0.05) is 73.7 Å². The molecule has 0 aliphatic heterocycles. The van der Waals surface area contributed by atoms with Gasteiger partial charge in [0.2, 0.25) is 12.2 Å². The predicted molar refractivity (Wildman–Crippen MR) is 79.1 cm³/mol. The quantitative estimate of drug-likeness (QED) is 0.611. The molecule has 0 radical (unpaired) electrons. The molecule has 2 N–H and O–H groups in total. The van der Waals surface area contributed by atoms with E-state index in [1.807, 2.05) is 42.5 Å². The molecule has 2 aromatic carbocycles. The second-order valence-electron chi connectivity index (χ2n) is 3.20. The van der Waals surface area contributed by atoms with Crippen LogP contribution in [-0.4, -0.2) is 12.2 Å². The number of benzene rings is 2. The average Bonchev–Trinajstić information content (AvgIpc) is 2.52. The molecule has 0 bridgehead atoms. The van der Waals surface area contributed by atoms with Crippen molar-refractivity contribution in [3.63, 3.8) is 0 Å². The van der Waals surface area contributed by atoms with Crippen molar-refractivity contribution >= 4 is 12.2 Å². The van der Waals surface area contributed by atoms with Crippen molar-refractivity contribution in [2.24, 2.45) is 0 Å². The molecular formula is C16H18N2O2. The summed E-state index contributed by atoms with van der Waals surface area (Å²) in [5, 5.41) is 10.8. The molecule has 2 aromatic rings. The second kappa shape index (κ2) is 18.6. The lowest BCUT2D eigenvalue weighted by Crippen LogP contribution is -1.73. The Balaban J connectivity index is 0. The summed E-state index contributed by atoms with van der Waals surface area (Å²) in [5.41, 5.74) is 1.41. The molecule has 0 saturated heterocycles. The summed E-state index contributed by atoms with van der Waals surface area (Å²) >= 11 is 0. The highest BCUT2D eigenvalue weighted by atomic mass is 16.1. The zero-order valence-corrected chi connectivity index (χ0v) is 11.4. The summed E-state index contributed by atoms with van der Waals surface area (Å²) in [6.07, 6.45) is 2.64. The Hall–Kier alpha value is -2.80. The van der Waals surface area contributed by atoms with Gasteiger partial charge in [-0.15, -0.1) is 0 Å². The van der Waals surface area contributed by atoms with Crippen molar-refractivity contribution in [3.05, 3.63) is 72.3 Å². The normalized spacial score (nSPS) is 6.85. The summed E-state index contributed by atoms with van der Waals surface area (Å²) in [5.74, 6) is 0. The van der Waals surface area contributed by atoms with E-state index in [9.17, 15) is 0 Å². The molecule has 104 valence electrons. The van der Waals surface area contributed by atoms with E-state index in [0.29, 0.717) is 0 Å². The molecule has 0 aromatic heterocycles. The van der Waals surface area contributed by atoms with Crippen LogP contribution in [0.3, 0.4) is 0 Å². The van der Waals surface area contributed by atoms with Gasteiger partial charge in [0.1, 0.15) is 0 Å². The van der Waals surface area contributed by atoms with Gasteiger partial charge in [0.15, 0.2) is 0 Å². The highest BCUT2D eigenvalue weighted by Gasteiger charge is 1.79. The van der Waals surface area contributed by atoms with Crippen LogP contribution in [0.2, 0.25) is 0 Å². The highest BCUT2D eigenvalue weighted by Crippen LogP contribution is 1.96. The first-order valence-electron chi connectivity index (χ1n) is 5.88. The minimum absolute atomic E-state index is 0.750. The molecule has 20 heavy (non-hydrogen) atoms. The maximum atomic E-state index is 8.35. The van der Waals surface area contributed by atoms with Crippen LogP contribution in [0.25, 0.3) is 0 Å². The fraction of sp³-hybridized carbons (Fsp3) is 0.125. The van der Waals surface area contributed by atoms with E-state index in [1.54, 1.807) is 0 Å². The molecule has 0 aliphatic carbocycles. The number of aryl methyl sites for hydroxylation is 1. The lowest BCUT2D eigenvalue weighted by molar-refractivity contribution is 0.562. The average molecular weight is 270 g/mol. The van der Waals surface area contributed by atoms with Crippen molar-refractivity contribution in [3.8, 4) is 0 Å². The van der Waals surface area contributed by atoms with Crippen LogP contribution in [-0.2, 0) is 16.0 Å². The van der Waals surface area contributed by atoms with Gasteiger partial charge >= 0.3 is 0 Å². The van der Waals surface area contributed by atoms with Gasteiger partial charge in [0.05, 0.1) is 0 Å². The smallest absolute Gasteiger partial charge is 0.222 e. The lowest BCUT2D eigenvalue weighted by Gasteiger charge is -1.89. The molecule has 0 fully saturated rings. The maximum Gasteiger partial charge on any atom is 0.231 e. The molecule has 0 amide bonds. The Bertz CT molecular complexity index is 434. The topological polar surface area (TPSA) is 81.8 Å². The van der Waals surface area contributed by atoms with Gasteiger partial charge in [0, 0.05) is 0 Å². The molecule has 4 heteroatoms. The van der Waals surface area contributed by atoms with Crippen LogP contribution >= 0.6 is 0 Å². The minimum Gasteiger partial charge on any atom is -0.222 e. The largest absolute Gasteiger partial charge is 0.231 e. The Kier molecular flexibility index (Phi) is 18.1. The molecule has 2 rings (SSSR count). The number of hydrogen-bond donors (Lipinski definition) is 2. The fourth-order valence-corrected chi connectivity index (χ4v) is 1.10. The summed E-state index contributed by atoms with van der Waals surface area (Å²) in [6, 6.07) is 22.5. The predicted octanol–water partition coefficient (Wildman–Crippen LogP) is 3.74. The van der Waals surface area contributed by atoms with E-state index in [4.69, 9.17) is 20.4 Å². The Morgan fingerprint density at radius 1 is 0.750 bits per heavy atom. The molecule has 0 spiro atoms. The van der Waals surface area contributed by atoms with Crippen molar-refractivity contribution in [2.75, 3.05) is 0 Å². The van der Waals surface area contributed by atoms with Gasteiger partial charge in [0.25, 0.3) is 0 Å². The number of nitrogens with one attached hydrogen (secondary N) is 2. The molecular weight excluding hydrogens is 252 g/mol. The summed E-state index contributed by atoms with van der Waals surface area (Å²) in [4.78, 5) is 16.7. The maximum absolute atomic E-state index is 8.35. The third kappa shape index (κ3) is 17.6. The van der Waals surface area contributed by atoms with E-state index >= 15 is 0 Å². The van der Waals surface area contributed by atoms with Crippen molar-refractivity contribution < 1.29 is 9.59 Å². The van der Waals surface area contributed by atoms with E-state index in [0.717, 1.165) is 18.6 Å². The number of rotatable bonds is 1. The first kappa shape index (κ1) is 19.5. The summed E-state index contributed by atoms with van der Waals surface area (Å²) in [7, 11) is 0. The Labute approximate surface area is 119 Å². The van der Waals surface area contributed by atoms with E-state index < -0.39 is 0 Å². The van der Waals surface area contributed by atoms with Crippen molar-refractivity contribution in [1.29, 1.82) is 10.8 Å². The molecule has 4 nitrogen and oxygen atoms in total. The van der Waals surface area contributed by atoms with Crippen molar-refractivity contribution in [1.82, 2.24) is 0 Å². The lowest BCUT2D eigenvalue weighted by atomic mass is 10.2. The van der Waals surface area contributed by atoms with Gasteiger partial charge < -0.3 is 0 Å². The van der Waals surface area contributed by atoms with Crippen LogP contribution in [0.4, 0.5) is 0 Å². The van der Waals surface area contributed by atoms with E-state index in [1.165, 1.54) is 5.56 Å². The first-order chi connectivity index (χ1) is 9.76. The fourth-order valence-electron chi connectivity index (χ4n) is 1.10. The van der Waals surface area contributed by atoms with Gasteiger partial charge in [-0.05, 0) is 12.0 Å². The van der Waals surface area contributed by atoms with Crippen LogP contribution in [0, 0.1) is 10.8 Å². The molecule has 0 atom stereocenters. The minimum atomic E-state index is 0.750. The highest BCUT2D eigenvalue weighted by molar-refractivity contribution is 5.26. The number of carbonyl (C=O) groups excluding carboxylic acids is 2. The zero-order chi connectivity index (χ0) is 15.5. The van der Waals surface area contributed by atoms with Gasteiger partial charge in [-0.2, -0.15) is 0 Å². The molecule has 0 saturated carbocycles. The monoisotopic (exact) mass is 270 g/mol. The van der Waals surface area contributed by atoms with Crippen LogP contribution in [0.1, 0.15) is 12.5 Å². The van der Waals surface area contributed by atoms with E-state index in [2.05, 4.69) is 31.2 Å². The second-order valence-corrected chi connectivity index (χ2v) is 3.20. The standard InChI is InChI=1S/C8H10.C6H6.2CHNO/c1-2-8-6-4-3-5-7-8;1-2-4-6-5-3-1;2*2-1-3/h3-7H,2H2,1H3;1-6H;2*2H. The molecule has 0 aliphatic rings. The third-order valence-corrected chi connectivity index (χ3v) is 1.92.